The summed E-state index contributed by atoms with van der Waals surface area (Å²) in [6, 6.07) is 5.86. The Morgan fingerprint density at radius 3 is 2.94 bits per heavy atom. The van der Waals surface area contributed by atoms with E-state index in [0.717, 1.165) is 27.9 Å². The maximum atomic E-state index is 6.16. The lowest BCUT2D eigenvalue weighted by Crippen LogP contribution is -2.06. The van der Waals surface area contributed by atoms with Crippen LogP contribution in [0.2, 0.25) is 5.02 Å². The molecule has 1 heterocycles. The molecule has 3 nitrogen and oxygen atoms in total. The van der Waals surface area contributed by atoms with Crippen molar-refractivity contribution in [2.45, 2.75) is 13.8 Å². The van der Waals surface area contributed by atoms with Gasteiger partial charge in [-0.1, -0.05) is 23.7 Å². The lowest BCUT2D eigenvalue weighted by Gasteiger charge is -2.12. The molecule has 0 spiro atoms. The van der Waals surface area contributed by atoms with E-state index in [1.54, 1.807) is 6.08 Å². The fraction of sp³-hybridized carbons (Fsp3) is 0.214. The Balaban J connectivity index is 2.49. The van der Waals surface area contributed by atoms with Gasteiger partial charge >= 0.3 is 0 Å². The number of hydrogen-bond acceptors (Lipinski definition) is 2. The fourth-order valence-electron chi connectivity index (χ4n) is 1.83. The molecule has 94 valence electrons. The van der Waals surface area contributed by atoms with Gasteiger partial charge < -0.3 is 5.32 Å². The highest BCUT2D eigenvalue weighted by molar-refractivity contribution is 6.31. The van der Waals surface area contributed by atoms with Gasteiger partial charge in [-0.05, 0) is 31.5 Å². The van der Waals surface area contributed by atoms with Gasteiger partial charge in [0.1, 0.15) is 0 Å². The number of halogens is 1. The van der Waals surface area contributed by atoms with Crippen LogP contribution >= 0.6 is 11.6 Å². The summed E-state index contributed by atoms with van der Waals surface area (Å²) in [7, 11) is 0. The first-order valence-electron chi connectivity index (χ1n) is 5.79. The largest absolute Gasteiger partial charge is 0.352 e. The van der Waals surface area contributed by atoms with Gasteiger partial charge in [0.2, 0.25) is 5.95 Å². The molecule has 2 aromatic rings. The van der Waals surface area contributed by atoms with Crippen molar-refractivity contribution in [3.63, 3.8) is 0 Å². The minimum atomic E-state index is 0.677. The van der Waals surface area contributed by atoms with Gasteiger partial charge in [0.15, 0.2) is 0 Å². The lowest BCUT2D eigenvalue weighted by molar-refractivity contribution is 1.03. The molecule has 18 heavy (non-hydrogen) atoms. The van der Waals surface area contributed by atoms with Crippen LogP contribution in [0.25, 0.3) is 5.69 Å². The van der Waals surface area contributed by atoms with E-state index in [1.165, 1.54) is 0 Å². The quantitative estimate of drug-likeness (QED) is 0.850. The molecule has 0 aliphatic rings. The van der Waals surface area contributed by atoms with Crippen molar-refractivity contribution in [3.8, 4) is 5.69 Å². The van der Waals surface area contributed by atoms with Crippen molar-refractivity contribution in [1.29, 1.82) is 0 Å². The van der Waals surface area contributed by atoms with Crippen LogP contribution in [-0.2, 0) is 0 Å². The van der Waals surface area contributed by atoms with Gasteiger partial charge in [-0.15, -0.1) is 6.58 Å². The second-order valence-electron chi connectivity index (χ2n) is 4.13. The zero-order valence-electron chi connectivity index (χ0n) is 10.6. The van der Waals surface area contributed by atoms with Crippen molar-refractivity contribution < 1.29 is 0 Å². The van der Waals surface area contributed by atoms with Crippen molar-refractivity contribution >= 4 is 17.5 Å². The number of hydrogen-bond donors (Lipinski definition) is 1. The number of aryl methyl sites for hydroxylation is 1. The third-order valence-corrected chi connectivity index (χ3v) is 3.14. The van der Waals surface area contributed by atoms with E-state index in [-0.39, 0.29) is 0 Å². The normalized spacial score (nSPS) is 10.4. The predicted molar refractivity (Wildman–Crippen MR) is 76.7 cm³/mol. The van der Waals surface area contributed by atoms with E-state index < -0.39 is 0 Å². The van der Waals surface area contributed by atoms with Crippen LogP contribution < -0.4 is 5.32 Å². The van der Waals surface area contributed by atoms with Crippen LogP contribution in [0.4, 0.5) is 5.95 Å². The van der Waals surface area contributed by atoms with Gasteiger partial charge in [0.05, 0.1) is 11.4 Å². The van der Waals surface area contributed by atoms with E-state index in [2.05, 4.69) is 16.9 Å². The van der Waals surface area contributed by atoms with E-state index in [0.29, 0.717) is 6.54 Å². The van der Waals surface area contributed by atoms with Crippen LogP contribution in [0.3, 0.4) is 0 Å². The number of rotatable bonds is 4. The van der Waals surface area contributed by atoms with Crippen LogP contribution in [0.1, 0.15) is 11.3 Å². The average Bonchev–Trinajstić information content (AvgIpc) is 2.71. The third kappa shape index (κ3) is 2.41. The first-order chi connectivity index (χ1) is 8.63. The highest BCUT2D eigenvalue weighted by Crippen LogP contribution is 2.25. The van der Waals surface area contributed by atoms with E-state index in [1.807, 2.05) is 42.8 Å². The molecule has 0 bridgehead atoms. The second kappa shape index (κ2) is 5.27. The summed E-state index contributed by atoms with van der Waals surface area (Å²) in [5, 5.41) is 3.98. The molecule has 2 rings (SSSR count). The smallest absolute Gasteiger partial charge is 0.207 e. The Kier molecular flexibility index (Phi) is 3.72. The predicted octanol–water partition coefficient (Wildman–Crippen LogP) is 3.74. The highest BCUT2D eigenvalue weighted by Gasteiger charge is 2.10. The van der Waals surface area contributed by atoms with Crippen molar-refractivity contribution in [3.05, 3.63) is 53.3 Å². The summed E-state index contributed by atoms with van der Waals surface area (Å²) in [5.74, 6) is 0.803. The van der Waals surface area contributed by atoms with E-state index >= 15 is 0 Å². The second-order valence-corrected chi connectivity index (χ2v) is 4.54. The summed E-state index contributed by atoms with van der Waals surface area (Å²) in [4.78, 5) is 4.46. The zero-order chi connectivity index (χ0) is 13.1. The molecule has 0 aliphatic carbocycles. The Morgan fingerprint density at radius 2 is 2.22 bits per heavy atom. The number of aromatic nitrogens is 2. The van der Waals surface area contributed by atoms with Crippen LogP contribution in [0.15, 0.2) is 37.1 Å². The van der Waals surface area contributed by atoms with Gasteiger partial charge in [-0.3, -0.25) is 4.57 Å². The van der Waals surface area contributed by atoms with Gasteiger partial charge in [-0.2, -0.15) is 0 Å². The molecule has 0 aliphatic heterocycles. The van der Waals surface area contributed by atoms with Gasteiger partial charge in [-0.25, -0.2) is 4.98 Å². The molecule has 0 radical (unpaired) electrons. The van der Waals surface area contributed by atoms with Crippen molar-refractivity contribution in [2.24, 2.45) is 0 Å². The molecule has 0 atom stereocenters. The van der Waals surface area contributed by atoms with Gasteiger partial charge in [0.25, 0.3) is 0 Å². The third-order valence-electron chi connectivity index (χ3n) is 2.73. The molecule has 0 amide bonds. The molecule has 0 fully saturated rings. The number of nitrogens with one attached hydrogen (secondary N) is 1. The SMILES string of the molecule is C=CCNc1nc(C)cn1-c1cccc(Cl)c1C. The van der Waals surface area contributed by atoms with Gasteiger partial charge in [0, 0.05) is 17.8 Å². The monoisotopic (exact) mass is 261 g/mol. The Labute approximate surface area is 112 Å². The number of imidazole rings is 1. The minimum Gasteiger partial charge on any atom is -0.352 e. The van der Waals surface area contributed by atoms with Crippen LogP contribution in [0.5, 0.6) is 0 Å². The topological polar surface area (TPSA) is 29.9 Å². The Morgan fingerprint density at radius 1 is 1.44 bits per heavy atom. The van der Waals surface area contributed by atoms with E-state index in [9.17, 15) is 0 Å². The summed E-state index contributed by atoms with van der Waals surface area (Å²) < 4.78 is 2.01. The van der Waals surface area contributed by atoms with Crippen molar-refractivity contribution in [1.82, 2.24) is 9.55 Å². The molecule has 0 saturated carbocycles. The standard InChI is InChI=1S/C14H16ClN3/c1-4-8-16-14-17-10(2)9-18(14)13-7-5-6-12(15)11(13)3/h4-7,9H,1,8H2,2-3H3,(H,16,17). The molecular formula is C14H16ClN3. The number of anilines is 1. The van der Waals surface area contributed by atoms with E-state index in [4.69, 9.17) is 11.6 Å². The molecule has 0 unspecified atom stereocenters. The molecular weight excluding hydrogens is 246 g/mol. The Hall–Kier alpha value is -1.74. The summed E-state index contributed by atoms with van der Waals surface area (Å²) in [6.45, 7) is 8.34. The lowest BCUT2D eigenvalue weighted by atomic mass is 10.2. The molecule has 1 N–H and O–H groups in total. The first kappa shape index (κ1) is 12.7. The molecule has 1 aromatic carbocycles. The Bertz CT molecular complexity index is 572. The fourth-order valence-corrected chi connectivity index (χ4v) is 2.00. The minimum absolute atomic E-state index is 0.677. The van der Waals surface area contributed by atoms with Crippen molar-refractivity contribution in [2.75, 3.05) is 11.9 Å². The highest BCUT2D eigenvalue weighted by atomic mass is 35.5. The number of benzene rings is 1. The molecule has 0 saturated heterocycles. The molecule has 4 heteroatoms. The summed E-state index contributed by atoms with van der Waals surface area (Å²) in [6.07, 6.45) is 3.79. The maximum absolute atomic E-state index is 6.16. The van der Waals surface area contributed by atoms with Crippen LogP contribution in [0, 0.1) is 13.8 Å². The zero-order valence-corrected chi connectivity index (χ0v) is 11.3. The summed E-state index contributed by atoms with van der Waals surface area (Å²) in [5.41, 5.74) is 3.04. The maximum Gasteiger partial charge on any atom is 0.207 e. The van der Waals surface area contributed by atoms with Crippen LogP contribution in [-0.4, -0.2) is 16.1 Å². The molecule has 1 aromatic heterocycles. The number of nitrogens with zero attached hydrogens (tertiary/aromatic N) is 2. The first-order valence-corrected chi connectivity index (χ1v) is 6.17. The average molecular weight is 262 g/mol. The summed E-state index contributed by atoms with van der Waals surface area (Å²) >= 11 is 6.16.